The van der Waals surface area contributed by atoms with Crippen LogP contribution in [-0.4, -0.2) is 37.3 Å². The van der Waals surface area contributed by atoms with Crippen molar-refractivity contribution >= 4 is 11.9 Å². The van der Waals surface area contributed by atoms with E-state index in [1.54, 1.807) is 16.8 Å². The van der Waals surface area contributed by atoms with Gasteiger partial charge in [-0.15, -0.1) is 0 Å². The fourth-order valence-corrected chi connectivity index (χ4v) is 3.51. The molecule has 2 heterocycles. The largest absolute Gasteiger partial charge is 0.481 e. The SMILES string of the molecule is Cc1cc(C)n(-c2ccc(C(=O)NC3(CC(=O)O)CCCC3)cn2)n1. The Balaban J connectivity index is 1.76. The number of nitrogens with one attached hydrogen (secondary N) is 1. The van der Waals surface area contributed by atoms with E-state index < -0.39 is 11.5 Å². The molecule has 7 nitrogen and oxygen atoms in total. The van der Waals surface area contributed by atoms with E-state index in [4.69, 9.17) is 5.11 Å². The third-order valence-corrected chi connectivity index (χ3v) is 4.67. The fraction of sp³-hybridized carbons (Fsp3) is 0.444. The van der Waals surface area contributed by atoms with E-state index in [1.807, 2.05) is 19.9 Å². The number of pyridine rings is 1. The standard InChI is InChI=1S/C18H22N4O3/c1-12-9-13(2)22(21-12)15-6-5-14(11-19-15)17(25)20-18(10-16(23)24)7-3-4-8-18/h5-6,9,11H,3-4,7-8,10H2,1-2H3,(H,20,25)(H,23,24). The first-order chi connectivity index (χ1) is 11.9. The van der Waals surface area contributed by atoms with Crippen molar-refractivity contribution < 1.29 is 14.7 Å². The van der Waals surface area contributed by atoms with Crippen LogP contribution in [0.4, 0.5) is 0 Å². The molecule has 2 aromatic rings. The lowest BCUT2D eigenvalue weighted by Gasteiger charge is -2.28. The first-order valence-corrected chi connectivity index (χ1v) is 8.43. The molecule has 0 spiro atoms. The molecule has 1 saturated carbocycles. The second kappa shape index (κ2) is 6.66. The normalized spacial score (nSPS) is 15.9. The highest BCUT2D eigenvalue weighted by atomic mass is 16.4. The van der Waals surface area contributed by atoms with E-state index in [-0.39, 0.29) is 12.3 Å². The summed E-state index contributed by atoms with van der Waals surface area (Å²) >= 11 is 0. The van der Waals surface area contributed by atoms with Crippen molar-refractivity contribution in [1.82, 2.24) is 20.1 Å². The van der Waals surface area contributed by atoms with Crippen LogP contribution in [0.1, 0.15) is 53.8 Å². The monoisotopic (exact) mass is 342 g/mol. The van der Waals surface area contributed by atoms with Gasteiger partial charge in [0.1, 0.15) is 0 Å². The minimum absolute atomic E-state index is 0.0456. The lowest BCUT2D eigenvalue weighted by molar-refractivity contribution is -0.138. The van der Waals surface area contributed by atoms with Crippen molar-refractivity contribution in [1.29, 1.82) is 0 Å². The van der Waals surface area contributed by atoms with E-state index in [0.29, 0.717) is 24.2 Å². The highest BCUT2D eigenvalue weighted by molar-refractivity contribution is 5.94. The molecule has 0 radical (unpaired) electrons. The van der Waals surface area contributed by atoms with Crippen LogP contribution in [0, 0.1) is 13.8 Å². The highest BCUT2D eigenvalue weighted by Crippen LogP contribution is 2.33. The summed E-state index contributed by atoms with van der Waals surface area (Å²) in [6.07, 6.45) is 4.72. The molecule has 0 saturated heterocycles. The van der Waals surface area contributed by atoms with Crippen LogP contribution < -0.4 is 5.32 Å². The molecule has 0 aromatic carbocycles. The summed E-state index contributed by atoms with van der Waals surface area (Å²) in [5.41, 5.74) is 1.64. The smallest absolute Gasteiger partial charge is 0.305 e. The van der Waals surface area contributed by atoms with Crippen LogP contribution in [-0.2, 0) is 4.79 Å². The third-order valence-electron chi connectivity index (χ3n) is 4.67. The number of amides is 1. The molecule has 1 amide bonds. The minimum atomic E-state index is -0.889. The Morgan fingerprint density at radius 1 is 1.28 bits per heavy atom. The van der Waals surface area contributed by atoms with Gasteiger partial charge in [-0.2, -0.15) is 5.10 Å². The summed E-state index contributed by atoms with van der Waals surface area (Å²) < 4.78 is 1.72. The maximum atomic E-state index is 12.5. The van der Waals surface area contributed by atoms with Gasteiger partial charge in [-0.1, -0.05) is 12.8 Å². The lowest BCUT2D eigenvalue weighted by Crippen LogP contribution is -2.47. The van der Waals surface area contributed by atoms with Crippen molar-refractivity contribution in [3.8, 4) is 5.82 Å². The van der Waals surface area contributed by atoms with Crippen LogP contribution >= 0.6 is 0 Å². The predicted octanol–water partition coefficient (Wildman–Crippen LogP) is 2.40. The molecular formula is C18H22N4O3. The topological polar surface area (TPSA) is 97.1 Å². The summed E-state index contributed by atoms with van der Waals surface area (Å²) in [6.45, 7) is 3.85. The van der Waals surface area contributed by atoms with E-state index in [0.717, 1.165) is 24.2 Å². The molecule has 1 fully saturated rings. The molecule has 7 heteroatoms. The van der Waals surface area contributed by atoms with Crippen molar-refractivity contribution in [2.75, 3.05) is 0 Å². The van der Waals surface area contributed by atoms with E-state index in [1.165, 1.54) is 6.20 Å². The van der Waals surface area contributed by atoms with Gasteiger partial charge in [-0.3, -0.25) is 9.59 Å². The molecule has 0 bridgehead atoms. The molecule has 2 N–H and O–H groups in total. The average molecular weight is 342 g/mol. The molecule has 25 heavy (non-hydrogen) atoms. The maximum Gasteiger partial charge on any atom is 0.305 e. The Bertz CT molecular complexity index is 789. The van der Waals surface area contributed by atoms with Gasteiger partial charge in [0.15, 0.2) is 5.82 Å². The molecule has 1 aliphatic rings. The number of hydrogen-bond acceptors (Lipinski definition) is 4. The summed E-state index contributed by atoms with van der Waals surface area (Å²) in [4.78, 5) is 28.0. The zero-order valence-corrected chi connectivity index (χ0v) is 14.5. The summed E-state index contributed by atoms with van der Waals surface area (Å²) in [5.74, 6) is -0.529. The summed E-state index contributed by atoms with van der Waals surface area (Å²) in [5, 5.41) is 16.4. The number of nitrogens with zero attached hydrogens (tertiary/aromatic N) is 3. The van der Waals surface area contributed by atoms with Gasteiger partial charge in [0.05, 0.1) is 23.2 Å². The minimum Gasteiger partial charge on any atom is -0.481 e. The van der Waals surface area contributed by atoms with Crippen molar-refractivity contribution in [2.24, 2.45) is 0 Å². The van der Waals surface area contributed by atoms with Crippen LogP contribution in [0.5, 0.6) is 0 Å². The second-order valence-corrected chi connectivity index (χ2v) is 6.76. The highest BCUT2D eigenvalue weighted by Gasteiger charge is 2.37. The molecule has 2 aromatic heterocycles. The first kappa shape index (κ1) is 17.1. The molecule has 3 rings (SSSR count). The maximum absolute atomic E-state index is 12.5. The van der Waals surface area contributed by atoms with Gasteiger partial charge in [-0.25, -0.2) is 9.67 Å². The van der Waals surface area contributed by atoms with Crippen molar-refractivity contribution in [3.63, 3.8) is 0 Å². The van der Waals surface area contributed by atoms with Gasteiger partial charge in [-0.05, 0) is 44.9 Å². The van der Waals surface area contributed by atoms with Gasteiger partial charge in [0.2, 0.25) is 0 Å². The first-order valence-electron chi connectivity index (χ1n) is 8.43. The number of carbonyl (C=O) groups excluding carboxylic acids is 1. The lowest BCUT2D eigenvalue weighted by atomic mass is 9.93. The number of carboxylic acids is 1. The fourth-order valence-electron chi connectivity index (χ4n) is 3.51. The van der Waals surface area contributed by atoms with Gasteiger partial charge in [0, 0.05) is 11.9 Å². The molecule has 0 aliphatic heterocycles. The number of hydrogen-bond donors (Lipinski definition) is 2. The molecule has 0 unspecified atom stereocenters. The predicted molar refractivity (Wildman–Crippen MR) is 91.8 cm³/mol. The quantitative estimate of drug-likeness (QED) is 0.869. The van der Waals surface area contributed by atoms with Gasteiger partial charge in [0.25, 0.3) is 5.91 Å². The number of rotatable bonds is 5. The molecule has 0 atom stereocenters. The summed E-state index contributed by atoms with van der Waals surface area (Å²) in [7, 11) is 0. The zero-order valence-electron chi connectivity index (χ0n) is 14.5. The number of aliphatic carboxylic acids is 1. The number of aryl methyl sites for hydroxylation is 2. The van der Waals surface area contributed by atoms with Crippen LogP contribution in [0.25, 0.3) is 5.82 Å². The third kappa shape index (κ3) is 3.70. The molecule has 1 aliphatic carbocycles. The van der Waals surface area contributed by atoms with E-state index in [9.17, 15) is 9.59 Å². The number of carbonyl (C=O) groups is 2. The Labute approximate surface area is 146 Å². The molecule has 132 valence electrons. The zero-order chi connectivity index (χ0) is 18.0. The van der Waals surface area contributed by atoms with Crippen molar-refractivity contribution in [2.45, 2.75) is 51.5 Å². The van der Waals surface area contributed by atoms with E-state index in [2.05, 4.69) is 15.4 Å². The van der Waals surface area contributed by atoms with Gasteiger partial charge >= 0.3 is 5.97 Å². The van der Waals surface area contributed by atoms with E-state index >= 15 is 0 Å². The van der Waals surface area contributed by atoms with Crippen LogP contribution in [0.3, 0.4) is 0 Å². The summed E-state index contributed by atoms with van der Waals surface area (Å²) in [6, 6.07) is 5.39. The Morgan fingerprint density at radius 2 is 2.00 bits per heavy atom. The Morgan fingerprint density at radius 3 is 2.52 bits per heavy atom. The second-order valence-electron chi connectivity index (χ2n) is 6.76. The molecular weight excluding hydrogens is 320 g/mol. The van der Waals surface area contributed by atoms with Crippen LogP contribution in [0.15, 0.2) is 24.4 Å². The van der Waals surface area contributed by atoms with Crippen molar-refractivity contribution in [3.05, 3.63) is 41.3 Å². The number of carboxylic acid groups (broad SMARTS) is 1. The Hall–Kier alpha value is -2.70. The Kier molecular flexibility index (Phi) is 4.57. The van der Waals surface area contributed by atoms with Crippen LogP contribution in [0.2, 0.25) is 0 Å². The number of aromatic nitrogens is 3. The van der Waals surface area contributed by atoms with Gasteiger partial charge < -0.3 is 10.4 Å². The average Bonchev–Trinajstić information content (AvgIpc) is 3.13.